The Labute approximate surface area is 123 Å². The van der Waals surface area contributed by atoms with E-state index in [2.05, 4.69) is 4.40 Å². The van der Waals surface area contributed by atoms with E-state index in [1.807, 2.05) is 75.4 Å². The van der Waals surface area contributed by atoms with Crippen LogP contribution >= 0.6 is 0 Å². The summed E-state index contributed by atoms with van der Waals surface area (Å²) >= 11 is 0. The minimum absolute atomic E-state index is 0.500. The summed E-state index contributed by atoms with van der Waals surface area (Å²) in [7, 11) is -1.32. The summed E-state index contributed by atoms with van der Waals surface area (Å²) in [5.74, 6) is 0. The third-order valence-corrected chi connectivity index (χ3v) is 4.79. The predicted molar refractivity (Wildman–Crippen MR) is 86.4 cm³/mol. The van der Waals surface area contributed by atoms with Crippen molar-refractivity contribution in [2.45, 2.75) is 25.5 Å². The van der Waals surface area contributed by atoms with Gasteiger partial charge < -0.3 is 0 Å². The Kier molecular flexibility index (Phi) is 4.50. The minimum Gasteiger partial charge on any atom is -0.234 e. The van der Waals surface area contributed by atoms with E-state index in [-0.39, 0.29) is 0 Å². The van der Waals surface area contributed by atoms with Gasteiger partial charge in [-0.2, -0.15) is 4.40 Å². The molecular weight excluding hydrogens is 266 g/mol. The van der Waals surface area contributed by atoms with Gasteiger partial charge in [0.05, 0.1) is 4.75 Å². The second kappa shape index (κ2) is 6.14. The van der Waals surface area contributed by atoms with Crippen molar-refractivity contribution in [3.63, 3.8) is 0 Å². The molecule has 0 bridgehead atoms. The molecule has 20 heavy (non-hydrogen) atoms. The lowest BCUT2D eigenvalue weighted by molar-refractivity contribution is 0.644. The van der Waals surface area contributed by atoms with E-state index < -0.39 is 15.7 Å². The van der Waals surface area contributed by atoms with Crippen LogP contribution in [-0.4, -0.2) is 10.4 Å². The molecule has 0 fully saturated rings. The quantitative estimate of drug-likeness (QED) is 0.780. The molecule has 1 atom stereocenters. The topological polar surface area (TPSA) is 29.4 Å². The number of aryl methyl sites for hydroxylation is 1. The Hall–Kier alpha value is -1.74. The Morgan fingerprint density at radius 2 is 1.60 bits per heavy atom. The zero-order valence-corrected chi connectivity index (χ0v) is 12.9. The van der Waals surface area contributed by atoms with Crippen LogP contribution in [-0.2, 0) is 15.7 Å². The highest BCUT2D eigenvalue weighted by molar-refractivity contribution is 7.84. The molecule has 104 valence electrons. The van der Waals surface area contributed by atoms with Gasteiger partial charge in [-0.1, -0.05) is 54.6 Å². The third-order valence-electron chi connectivity index (χ3n) is 3.38. The SMILES string of the molecule is Cc1ccccc1/C=N/[S@](=O)C(C)(C)c1ccccc1. The molecule has 2 nitrogen and oxygen atoms in total. The van der Waals surface area contributed by atoms with Crippen LogP contribution in [0.3, 0.4) is 0 Å². The summed E-state index contributed by atoms with van der Waals surface area (Å²) < 4.78 is 16.2. The molecule has 0 saturated carbocycles. The van der Waals surface area contributed by atoms with Gasteiger partial charge in [0.15, 0.2) is 0 Å². The average molecular weight is 285 g/mol. The van der Waals surface area contributed by atoms with E-state index in [4.69, 9.17) is 0 Å². The van der Waals surface area contributed by atoms with E-state index in [0.717, 1.165) is 16.7 Å². The highest BCUT2D eigenvalue weighted by Gasteiger charge is 2.27. The van der Waals surface area contributed by atoms with Crippen molar-refractivity contribution in [2.24, 2.45) is 4.40 Å². The fraction of sp³-hybridized carbons (Fsp3) is 0.235. The Morgan fingerprint density at radius 1 is 1.00 bits per heavy atom. The molecule has 2 aromatic rings. The molecule has 0 amide bonds. The van der Waals surface area contributed by atoms with Crippen LogP contribution in [0.15, 0.2) is 59.0 Å². The van der Waals surface area contributed by atoms with Gasteiger partial charge in [0.2, 0.25) is 0 Å². The molecular formula is C17H19NOS. The molecule has 2 rings (SSSR count). The summed E-state index contributed by atoms with van der Waals surface area (Å²) in [4.78, 5) is 0. The zero-order chi connectivity index (χ0) is 14.6. The largest absolute Gasteiger partial charge is 0.234 e. The molecule has 0 aromatic heterocycles. The predicted octanol–water partition coefficient (Wildman–Crippen LogP) is 4.01. The van der Waals surface area contributed by atoms with Gasteiger partial charge in [-0.3, -0.25) is 0 Å². The Bertz CT molecular complexity index is 632. The van der Waals surface area contributed by atoms with Gasteiger partial charge >= 0.3 is 0 Å². The summed E-state index contributed by atoms with van der Waals surface area (Å²) in [5, 5.41) is 0. The van der Waals surface area contributed by atoms with Gasteiger partial charge in [0.1, 0.15) is 11.0 Å². The lowest BCUT2D eigenvalue weighted by Crippen LogP contribution is -2.22. The van der Waals surface area contributed by atoms with E-state index in [1.165, 1.54) is 0 Å². The van der Waals surface area contributed by atoms with E-state index in [9.17, 15) is 4.21 Å². The third kappa shape index (κ3) is 3.23. The second-order valence-corrected chi connectivity index (χ2v) is 6.95. The van der Waals surface area contributed by atoms with Crippen LogP contribution in [0, 0.1) is 6.92 Å². The van der Waals surface area contributed by atoms with E-state index in [1.54, 1.807) is 6.21 Å². The number of benzene rings is 2. The van der Waals surface area contributed by atoms with Crippen LogP contribution in [0.1, 0.15) is 30.5 Å². The summed E-state index contributed by atoms with van der Waals surface area (Å²) in [6.45, 7) is 5.92. The van der Waals surface area contributed by atoms with Crippen molar-refractivity contribution >= 4 is 17.2 Å². The summed E-state index contributed by atoms with van der Waals surface area (Å²) in [6.07, 6.45) is 1.70. The molecule has 0 spiro atoms. The number of rotatable bonds is 4. The summed E-state index contributed by atoms with van der Waals surface area (Å²) in [6, 6.07) is 17.8. The standard InChI is InChI=1S/C17H19NOS/c1-14-9-7-8-10-15(14)13-18-20(19)17(2,3)16-11-5-4-6-12-16/h4-13H,1-3H3/b18-13+/t20-/m1/s1. The van der Waals surface area contributed by atoms with Gasteiger partial charge in [0.25, 0.3) is 0 Å². The molecule has 0 aliphatic rings. The molecule has 3 heteroatoms. The highest BCUT2D eigenvalue weighted by atomic mass is 32.2. The molecule has 0 saturated heterocycles. The molecule has 0 aliphatic heterocycles. The Balaban J connectivity index is 2.22. The zero-order valence-electron chi connectivity index (χ0n) is 12.0. The molecule has 0 unspecified atom stereocenters. The lowest BCUT2D eigenvalue weighted by Gasteiger charge is -2.21. The normalized spacial score (nSPS) is 13.6. The second-order valence-electron chi connectivity index (χ2n) is 5.22. The van der Waals surface area contributed by atoms with Crippen molar-refractivity contribution in [3.05, 3.63) is 71.3 Å². The van der Waals surface area contributed by atoms with Crippen molar-refractivity contribution in [1.29, 1.82) is 0 Å². The number of hydrogen-bond donors (Lipinski definition) is 0. The first-order chi connectivity index (χ1) is 9.51. The van der Waals surface area contributed by atoms with Crippen LogP contribution in [0.25, 0.3) is 0 Å². The monoisotopic (exact) mass is 285 g/mol. The van der Waals surface area contributed by atoms with Crippen molar-refractivity contribution < 1.29 is 4.21 Å². The van der Waals surface area contributed by atoms with Crippen molar-refractivity contribution in [1.82, 2.24) is 0 Å². The van der Waals surface area contributed by atoms with Gasteiger partial charge in [0, 0.05) is 6.21 Å². The van der Waals surface area contributed by atoms with E-state index >= 15 is 0 Å². The maximum atomic E-state index is 12.5. The van der Waals surface area contributed by atoms with Crippen LogP contribution in [0.2, 0.25) is 0 Å². The lowest BCUT2D eigenvalue weighted by atomic mass is 10.0. The first-order valence-corrected chi connectivity index (χ1v) is 7.70. The number of nitrogens with zero attached hydrogens (tertiary/aromatic N) is 1. The van der Waals surface area contributed by atoms with Gasteiger partial charge in [-0.25, -0.2) is 4.21 Å². The maximum Gasteiger partial charge on any atom is 0.149 e. The summed E-state index contributed by atoms with van der Waals surface area (Å²) in [5.41, 5.74) is 3.16. The van der Waals surface area contributed by atoms with Crippen molar-refractivity contribution in [2.75, 3.05) is 0 Å². The minimum atomic E-state index is -1.32. The fourth-order valence-corrected chi connectivity index (χ4v) is 2.72. The number of hydrogen-bond acceptors (Lipinski definition) is 1. The fourth-order valence-electron chi connectivity index (χ4n) is 1.91. The van der Waals surface area contributed by atoms with Gasteiger partial charge in [-0.15, -0.1) is 0 Å². The van der Waals surface area contributed by atoms with Gasteiger partial charge in [-0.05, 0) is 37.5 Å². The first kappa shape index (κ1) is 14.7. The molecule has 0 N–H and O–H groups in total. The molecule has 0 heterocycles. The van der Waals surface area contributed by atoms with Crippen LogP contribution in [0.4, 0.5) is 0 Å². The molecule has 0 aliphatic carbocycles. The molecule has 2 aromatic carbocycles. The smallest absolute Gasteiger partial charge is 0.149 e. The Morgan fingerprint density at radius 3 is 2.25 bits per heavy atom. The van der Waals surface area contributed by atoms with Crippen LogP contribution < -0.4 is 0 Å². The maximum absolute atomic E-state index is 12.5. The van der Waals surface area contributed by atoms with Crippen LogP contribution in [0.5, 0.6) is 0 Å². The molecule has 0 radical (unpaired) electrons. The average Bonchev–Trinajstić information content (AvgIpc) is 2.47. The highest BCUT2D eigenvalue weighted by Crippen LogP contribution is 2.27. The first-order valence-electron chi connectivity index (χ1n) is 6.59. The van der Waals surface area contributed by atoms with Crippen molar-refractivity contribution in [3.8, 4) is 0 Å². The van der Waals surface area contributed by atoms with E-state index in [0.29, 0.717) is 0 Å².